The average Bonchev–Trinajstić information content (AvgIpc) is 3.11. The largest absolute Gasteiger partial charge is 0.365 e. The van der Waals surface area contributed by atoms with Crippen LogP contribution in [0.25, 0.3) is 16.3 Å². The zero-order valence-electron chi connectivity index (χ0n) is 11.5. The molecule has 108 valence electrons. The molecule has 1 aliphatic rings. The molecule has 1 fully saturated rings. The van der Waals surface area contributed by atoms with Gasteiger partial charge in [0.05, 0.1) is 24.3 Å². The molecule has 7 heteroatoms. The molecule has 6 nitrogen and oxygen atoms in total. The summed E-state index contributed by atoms with van der Waals surface area (Å²) in [7, 11) is 0. The van der Waals surface area contributed by atoms with Crippen LogP contribution in [-0.2, 0) is 0 Å². The number of piperidine rings is 1. The van der Waals surface area contributed by atoms with E-state index in [1.54, 1.807) is 23.7 Å². The highest BCUT2D eigenvalue weighted by Crippen LogP contribution is 2.22. The molecule has 3 aromatic heterocycles. The van der Waals surface area contributed by atoms with Crippen LogP contribution in [0.5, 0.6) is 0 Å². The van der Waals surface area contributed by atoms with Crippen molar-refractivity contribution in [2.75, 3.05) is 18.4 Å². The summed E-state index contributed by atoms with van der Waals surface area (Å²) in [5.41, 5.74) is 1.82. The fourth-order valence-electron chi connectivity index (χ4n) is 2.66. The molecule has 1 atom stereocenters. The predicted octanol–water partition coefficient (Wildman–Crippen LogP) is 2.02. The van der Waals surface area contributed by atoms with Gasteiger partial charge in [0.1, 0.15) is 11.5 Å². The van der Waals surface area contributed by atoms with Crippen LogP contribution < -0.4 is 10.6 Å². The Morgan fingerprint density at radius 2 is 2.33 bits per heavy atom. The maximum absolute atomic E-state index is 4.68. The van der Waals surface area contributed by atoms with Gasteiger partial charge in [-0.1, -0.05) is 0 Å². The zero-order valence-corrected chi connectivity index (χ0v) is 12.3. The first-order valence-electron chi connectivity index (χ1n) is 7.10. The SMILES string of the molecule is c1cn2c(-c3cncc(NC4CCCNC4)n3)cnc2s1. The number of aromatic nitrogens is 4. The van der Waals surface area contributed by atoms with Gasteiger partial charge in [0.15, 0.2) is 4.96 Å². The second-order valence-electron chi connectivity index (χ2n) is 5.18. The van der Waals surface area contributed by atoms with E-state index >= 15 is 0 Å². The lowest BCUT2D eigenvalue weighted by atomic mass is 10.1. The molecule has 1 saturated heterocycles. The van der Waals surface area contributed by atoms with Gasteiger partial charge in [0.2, 0.25) is 0 Å². The van der Waals surface area contributed by atoms with E-state index in [1.807, 2.05) is 22.2 Å². The molecule has 21 heavy (non-hydrogen) atoms. The second-order valence-corrected chi connectivity index (χ2v) is 6.05. The Bertz CT molecular complexity index is 743. The molecule has 0 aromatic carbocycles. The maximum atomic E-state index is 4.68. The van der Waals surface area contributed by atoms with Crippen molar-refractivity contribution in [1.29, 1.82) is 0 Å². The summed E-state index contributed by atoms with van der Waals surface area (Å²) >= 11 is 1.62. The highest BCUT2D eigenvalue weighted by molar-refractivity contribution is 7.15. The fourth-order valence-corrected chi connectivity index (χ4v) is 3.35. The standard InChI is InChI=1S/C14H16N6S/c1-2-10(6-15-3-1)18-13-9-16-7-11(19-13)12-8-17-14-20(12)4-5-21-14/h4-5,7-10,15H,1-3,6H2,(H,18,19). The number of hydrogen-bond acceptors (Lipinski definition) is 6. The van der Waals surface area contributed by atoms with E-state index < -0.39 is 0 Å². The van der Waals surface area contributed by atoms with Gasteiger partial charge in [-0.15, -0.1) is 11.3 Å². The molecule has 0 radical (unpaired) electrons. The maximum Gasteiger partial charge on any atom is 0.194 e. The minimum absolute atomic E-state index is 0.426. The summed E-state index contributed by atoms with van der Waals surface area (Å²) in [5, 5.41) is 8.88. The minimum atomic E-state index is 0.426. The number of fused-ring (bicyclic) bond motifs is 1. The van der Waals surface area contributed by atoms with Crippen molar-refractivity contribution in [2.24, 2.45) is 0 Å². The molecule has 1 aliphatic heterocycles. The van der Waals surface area contributed by atoms with E-state index in [0.29, 0.717) is 6.04 Å². The summed E-state index contributed by atoms with van der Waals surface area (Å²) in [6, 6.07) is 0.426. The smallest absolute Gasteiger partial charge is 0.194 e. The zero-order chi connectivity index (χ0) is 14.1. The van der Waals surface area contributed by atoms with Crippen LogP contribution in [0.2, 0.25) is 0 Å². The Morgan fingerprint density at radius 1 is 1.33 bits per heavy atom. The number of nitrogens with zero attached hydrogens (tertiary/aromatic N) is 4. The molecule has 3 aromatic rings. The number of nitrogens with one attached hydrogen (secondary N) is 2. The Balaban J connectivity index is 1.62. The summed E-state index contributed by atoms with van der Waals surface area (Å²) in [4.78, 5) is 14.4. The summed E-state index contributed by atoms with van der Waals surface area (Å²) in [6.45, 7) is 2.09. The summed E-state index contributed by atoms with van der Waals surface area (Å²) < 4.78 is 2.04. The molecule has 0 saturated carbocycles. The van der Waals surface area contributed by atoms with Gasteiger partial charge in [-0.25, -0.2) is 9.97 Å². The Morgan fingerprint density at radius 3 is 3.24 bits per heavy atom. The van der Waals surface area contributed by atoms with E-state index in [2.05, 4.69) is 25.6 Å². The van der Waals surface area contributed by atoms with Crippen LogP contribution in [-0.4, -0.2) is 38.5 Å². The van der Waals surface area contributed by atoms with Crippen molar-refractivity contribution < 1.29 is 0 Å². The van der Waals surface area contributed by atoms with Crippen molar-refractivity contribution in [3.8, 4) is 11.4 Å². The number of hydrogen-bond donors (Lipinski definition) is 2. The third-order valence-corrected chi connectivity index (χ3v) is 4.46. The van der Waals surface area contributed by atoms with Gasteiger partial charge < -0.3 is 10.6 Å². The fraction of sp³-hybridized carbons (Fsp3) is 0.357. The highest BCUT2D eigenvalue weighted by atomic mass is 32.1. The quantitative estimate of drug-likeness (QED) is 0.774. The van der Waals surface area contributed by atoms with Gasteiger partial charge in [-0.2, -0.15) is 0 Å². The first-order valence-corrected chi connectivity index (χ1v) is 7.98. The molecule has 1 unspecified atom stereocenters. The van der Waals surface area contributed by atoms with Crippen molar-refractivity contribution in [3.63, 3.8) is 0 Å². The number of imidazole rings is 1. The predicted molar refractivity (Wildman–Crippen MR) is 83.6 cm³/mol. The monoisotopic (exact) mass is 300 g/mol. The van der Waals surface area contributed by atoms with Gasteiger partial charge in [0.25, 0.3) is 0 Å². The lowest BCUT2D eigenvalue weighted by molar-refractivity contribution is 0.479. The Kier molecular flexibility index (Phi) is 3.28. The van der Waals surface area contributed by atoms with Crippen LogP contribution in [0, 0.1) is 0 Å². The molecule has 4 rings (SSSR count). The molecular formula is C14H16N6S. The lowest BCUT2D eigenvalue weighted by Crippen LogP contribution is -2.38. The van der Waals surface area contributed by atoms with Crippen molar-refractivity contribution in [1.82, 2.24) is 24.7 Å². The summed E-state index contributed by atoms with van der Waals surface area (Å²) in [5.74, 6) is 0.825. The molecule has 4 heterocycles. The number of rotatable bonds is 3. The van der Waals surface area contributed by atoms with Crippen LogP contribution in [0.3, 0.4) is 0 Å². The van der Waals surface area contributed by atoms with E-state index in [4.69, 9.17) is 0 Å². The number of anilines is 1. The van der Waals surface area contributed by atoms with Gasteiger partial charge >= 0.3 is 0 Å². The third kappa shape index (κ3) is 2.50. The van der Waals surface area contributed by atoms with Crippen LogP contribution in [0.4, 0.5) is 5.82 Å². The van der Waals surface area contributed by atoms with Crippen LogP contribution in [0.15, 0.2) is 30.2 Å². The average molecular weight is 300 g/mol. The molecular weight excluding hydrogens is 284 g/mol. The van der Waals surface area contributed by atoms with E-state index in [1.165, 1.54) is 12.8 Å². The number of thiazole rings is 1. The van der Waals surface area contributed by atoms with Crippen molar-refractivity contribution in [3.05, 3.63) is 30.2 Å². The first-order chi connectivity index (χ1) is 10.4. The normalized spacial score (nSPS) is 19.0. The Labute approximate surface area is 126 Å². The van der Waals surface area contributed by atoms with E-state index in [0.717, 1.165) is 35.3 Å². The van der Waals surface area contributed by atoms with Crippen LogP contribution in [0.1, 0.15) is 12.8 Å². The van der Waals surface area contributed by atoms with Crippen molar-refractivity contribution in [2.45, 2.75) is 18.9 Å². The molecule has 0 spiro atoms. The van der Waals surface area contributed by atoms with Gasteiger partial charge in [-0.3, -0.25) is 9.38 Å². The van der Waals surface area contributed by atoms with Crippen LogP contribution >= 0.6 is 11.3 Å². The highest BCUT2D eigenvalue weighted by Gasteiger charge is 2.14. The van der Waals surface area contributed by atoms with E-state index in [9.17, 15) is 0 Å². The van der Waals surface area contributed by atoms with Gasteiger partial charge in [0, 0.05) is 24.2 Å². The Hall–Kier alpha value is -1.99. The summed E-state index contributed by atoms with van der Waals surface area (Å²) in [6.07, 6.45) is 9.79. The second kappa shape index (κ2) is 5.42. The molecule has 0 bridgehead atoms. The lowest BCUT2D eigenvalue weighted by Gasteiger charge is -2.24. The molecule has 0 amide bonds. The topological polar surface area (TPSA) is 67.1 Å². The van der Waals surface area contributed by atoms with E-state index in [-0.39, 0.29) is 0 Å². The minimum Gasteiger partial charge on any atom is -0.365 e. The third-order valence-electron chi connectivity index (χ3n) is 3.69. The molecule has 2 N–H and O–H groups in total. The van der Waals surface area contributed by atoms with Gasteiger partial charge in [-0.05, 0) is 19.4 Å². The molecule has 0 aliphatic carbocycles. The van der Waals surface area contributed by atoms with Crippen molar-refractivity contribution >= 4 is 22.1 Å². The first kappa shape index (κ1) is 12.7.